The number of hydrogen-bond acceptors (Lipinski definition) is 3. The smallest absolute Gasteiger partial charge is 0.226 e. The molecule has 1 amide bonds. The number of ketones is 1. The van der Waals surface area contributed by atoms with E-state index in [2.05, 4.69) is 31.4 Å². The fraction of sp³-hybridized carbons (Fsp3) is 0.714. The third kappa shape index (κ3) is 1.44. The van der Waals surface area contributed by atoms with Crippen molar-refractivity contribution < 1.29 is 14.7 Å². The van der Waals surface area contributed by atoms with Gasteiger partial charge in [0.15, 0.2) is 0 Å². The van der Waals surface area contributed by atoms with E-state index >= 15 is 0 Å². The van der Waals surface area contributed by atoms with Crippen molar-refractivity contribution in [1.82, 2.24) is 4.90 Å². The third-order valence-electron chi connectivity index (χ3n) is 8.65. The minimum atomic E-state index is -1.10. The summed E-state index contributed by atoms with van der Waals surface area (Å²) in [5, 5.41) is 11.2. The fourth-order valence-electron chi connectivity index (χ4n) is 7.41. The highest BCUT2D eigenvalue weighted by Crippen LogP contribution is 2.72. The minimum Gasteiger partial charge on any atom is -0.381 e. The van der Waals surface area contributed by atoms with Crippen molar-refractivity contribution in [2.45, 2.75) is 57.6 Å². The van der Waals surface area contributed by atoms with Crippen molar-refractivity contribution in [2.75, 3.05) is 6.54 Å². The molecule has 2 bridgehead atoms. The maximum Gasteiger partial charge on any atom is 0.226 e. The molecule has 7 atom stereocenters. The first-order valence-corrected chi connectivity index (χ1v) is 9.73. The Morgan fingerprint density at radius 1 is 1.36 bits per heavy atom. The zero-order valence-corrected chi connectivity index (χ0v) is 15.1. The molecule has 5 rings (SSSR count). The topological polar surface area (TPSA) is 57.6 Å². The van der Waals surface area contributed by atoms with Crippen LogP contribution in [0.25, 0.3) is 0 Å². The van der Waals surface area contributed by atoms with Crippen molar-refractivity contribution in [3.63, 3.8) is 0 Å². The maximum atomic E-state index is 13.9. The molecule has 134 valence electrons. The first-order valence-electron chi connectivity index (χ1n) is 9.73. The molecule has 1 N–H and O–H groups in total. The molecule has 0 aromatic carbocycles. The second kappa shape index (κ2) is 4.46. The van der Waals surface area contributed by atoms with Crippen molar-refractivity contribution >= 4 is 11.7 Å². The van der Waals surface area contributed by atoms with Gasteiger partial charge in [-0.2, -0.15) is 0 Å². The fourth-order valence-corrected chi connectivity index (χ4v) is 7.41. The molecule has 2 saturated carbocycles. The lowest BCUT2D eigenvalue weighted by molar-refractivity contribution is -0.157. The quantitative estimate of drug-likeness (QED) is 0.746. The summed E-state index contributed by atoms with van der Waals surface area (Å²) < 4.78 is 0. The Kier molecular flexibility index (Phi) is 2.82. The molecule has 2 heterocycles. The van der Waals surface area contributed by atoms with Crippen LogP contribution in [-0.4, -0.2) is 39.9 Å². The molecule has 4 nitrogen and oxygen atoms in total. The number of nitrogens with zero attached hydrogens (tertiary/aromatic N) is 1. The van der Waals surface area contributed by atoms with Gasteiger partial charge in [-0.3, -0.25) is 9.59 Å². The first kappa shape index (κ1) is 15.8. The molecule has 25 heavy (non-hydrogen) atoms. The number of hydrogen-bond donors (Lipinski definition) is 1. The van der Waals surface area contributed by atoms with Gasteiger partial charge in [-0.15, -0.1) is 0 Å². The van der Waals surface area contributed by atoms with E-state index < -0.39 is 16.4 Å². The van der Waals surface area contributed by atoms with E-state index in [4.69, 9.17) is 0 Å². The number of carbonyl (C=O) groups is 2. The number of carbonyl (C=O) groups excluding carboxylic acids is 2. The van der Waals surface area contributed by atoms with E-state index in [1.54, 1.807) is 6.08 Å². The van der Waals surface area contributed by atoms with Gasteiger partial charge in [-0.05, 0) is 43.6 Å². The van der Waals surface area contributed by atoms with Crippen LogP contribution in [0, 0.1) is 28.6 Å². The highest BCUT2D eigenvalue weighted by Gasteiger charge is 2.76. The third-order valence-corrected chi connectivity index (χ3v) is 8.65. The Hall–Kier alpha value is -1.42. The predicted octanol–water partition coefficient (Wildman–Crippen LogP) is 2.48. The summed E-state index contributed by atoms with van der Waals surface area (Å²) in [5.74, 6) is 0.647. The molecule has 5 aliphatic rings. The van der Waals surface area contributed by atoms with E-state index in [0.717, 1.165) is 24.8 Å². The van der Waals surface area contributed by atoms with Crippen LogP contribution < -0.4 is 0 Å². The van der Waals surface area contributed by atoms with Gasteiger partial charge in [-0.25, -0.2) is 0 Å². The summed E-state index contributed by atoms with van der Waals surface area (Å²) in [6.07, 6.45) is 7.24. The maximum absolute atomic E-state index is 13.9. The molecule has 4 heteroatoms. The Morgan fingerprint density at radius 2 is 2.12 bits per heavy atom. The van der Waals surface area contributed by atoms with Gasteiger partial charge in [0.2, 0.25) is 5.91 Å². The van der Waals surface area contributed by atoms with Gasteiger partial charge in [0, 0.05) is 29.8 Å². The van der Waals surface area contributed by atoms with Crippen molar-refractivity contribution in [1.29, 1.82) is 0 Å². The number of fused-ring (bicyclic) bond motifs is 1. The molecule has 2 saturated heterocycles. The highest BCUT2D eigenvalue weighted by atomic mass is 16.3. The number of aliphatic hydroxyl groups is 1. The largest absolute Gasteiger partial charge is 0.381 e. The van der Waals surface area contributed by atoms with Crippen molar-refractivity contribution in [3.05, 3.63) is 24.3 Å². The second-order valence-corrected chi connectivity index (χ2v) is 9.25. The van der Waals surface area contributed by atoms with E-state index in [1.165, 1.54) is 0 Å². The average Bonchev–Trinajstić information content (AvgIpc) is 2.94. The Morgan fingerprint density at radius 3 is 2.84 bits per heavy atom. The summed E-state index contributed by atoms with van der Waals surface area (Å²) in [6.45, 7) is 8.87. The zero-order chi connectivity index (χ0) is 17.8. The van der Waals surface area contributed by atoms with E-state index in [1.807, 2.05) is 0 Å². The summed E-state index contributed by atoms with van der Waals surface area (Å²) in [5.41, 5.74) is -1.32. The van der Waals surface area contributed by atoms with Crippen LogP contribution in [0.5, 0.6) is 0 Å². The number of Topliss-reactive ketones (excluding diaryl/α,β-unsaturated/α-hetero) is 1. The molecule has 1 spiro atoms. The Bertz CT molecular complexity index is 741. The number of rotatable bonds is 1. The van der Waals surface area contributed by atoms with Gasteiger partial charge in [0.1, 0.15) is 11.4 Å². The Balaban J connectivity index is 1.82. The van der Waals surface area contributed by atoms with Crippen LogP contribution in [0.1, 0.15) is 46.0 Å². The first-order chi connectivity index (χ1) is 11.8. The van der Waals surface area contributed by atoms with E-state index in [-0.39, 0.29) is 29.7 Å². The molecule has 0 aromatic heterocycles. The summed E-state index contributed by atoms with van der Waals surface area (Å²) in [4.78, 5) is 29.3. The second-order valence-electron chi connectivity index (χ2n) is 9.25. The standard InChI is InChI=1S/C21H27NO3/c1-4-20(25)8-9-21-15(20)7-5-6-14-18(24)22-11-12(2)13(17(21)23)10-16(22)19(14,21)3/h4,7,12-14,16,25H,1,5-6,8-11H2,2-3H3/t12-,13?,14-,16?,19-,20?,21+/m1/s1. The Labute approximate surface area is 149 Å². The lowest BCUT2D eigenvalue weighted by Gasteiger charge is -2.58. The molecule has 3 unspecified atom stereocenters. The molecule has 0 aromatic rings. The van der Waals surface area contributed by atoms with Gasteiger partial charge in [-0.1, -0.05) is 32.6 Å². The molecule has 0 radical (unpaired) electrons. The molecule has 4 fully saturated rings. The number of amides is 1. The predicted molar refractivity (Wildman–Crippen MR) is 93.5 cm³/mol. The normalized spacial score (nSPS) is 53.4. The SMILES string of the molecule is C=CC1(O)CC[C@@]23C(=O)C4CC5N(C[C@H]4C)C(=O)[C@@H](CCC=C12)[C@]53C. The minimum absolute atomic E-state index is 0.00883. The number of allylic oxidation sites excluding steroid dienone is 1. The molecular weight excluding hydrogens is 314 g/mol. The van der Waals surface area contributed by atoms with Crippen LogP contribution in [0.2, 0.25) is 0 Å². The zero-order valence-electron chi connectivity index (χ0n) is 15.1. The van der Waals surface area contributed by atoms with E-state index in [9.17, 15) is 14.7 Å². The number of piperidine rings is 1. The van der Waals surface area contributed by atoms with Crippen LogP contribution in [0.4, 0.5) is 0 Å². The van der Waals surface area contributed by atoms with Gasteiger partial charge >= 0.3 is 0 Å². The van der Waals surface area contributed by atoms with Gasteiger partial charge < -0.3 is 10.0 Å². The van der Waals surface area contributed by atoms with Gasteiger partial charge in [0.05, 0.1) is 5.41 Å². The van der Waals surface area contributed by atoms with Crippen LogP contribution in [0.15, 0.2) is 24.3 Å². The average molecular weight is 341 g/mol. The van der Waals surface area contributed by atoms with E-state index in [0.29, 0.717) is 25.2 Å². The molecule has 3 aliphatic carbocycles. The lowest BCUT2D eigenvalue weighted by Crippen LogP contribution is -2.65. The summed E-state index contributed by atoms with van der Waals surface area (Å²) >= 11 is 0. The summed E-state index contributed by atoms with van der Waals surface area (Å²) in [7, 11) is 0. The van der Waals surface area contributed by atoms with Crippen LogP contribution in [-0.2, 0) is 9.59 Å². The van der Waals surface area contributed by atoms with Gasteiger partial charge in [0.25, 0.3) is 0 Å². The molecular formula is C21H27NO3. The van der Waals surface area contributed by atoms with Crippen molar-refractivity contribution in [3.8, 4) is 0 Å². The molecule has 2 aliphatic heterocycles. The van der Waals surface area contributed by atoms with Crippen molar-refractivity contribution in [2.24, 2.45) is 28.6 Å². The monoisotopic (exact) mass is 341 g/mol. The summed E-state index contributed by atoms with van der Waals surface area (Å²) in [6, 6.07) is 0.137. The van der Waals surface area contributed by atoms with Crippen LogP contribution >= 0.6 is 0 Å². The highest BCUT2D eigenvalue weighted by molar-refractivity contribution is 5.97. The van der Waals surface area contributed by atoms with Crippen LogP contribution in [0.3, 0.4) is 0 Å². The lowest BCUT2D eigenvalue weighted by atomic mass is 9.45.